The molecule has 1 saturated heterocycles. The Hall–Kier alpha value is -1.55. The van der Waals surface area contributed by atoms with Gasteiger partial charge in [0.2, 0.25) is 0 Å². The lowest BCUT2D eigenvalue weighted by molar-refractivity contribution is 0.0190. The highest BCUT2D eigenvalue weighted by atomic mass is 32.2. The molecule has 0 radical (unpaired) electrons. The third-order valence-corrected chi connectivity index (χ3v) is 4.31. The second-order valence-corrected chi connectivity index (χ2v) is 9.15. The van der Waals surface area contributed by atoms with E-state index in [1.807, 2.05) is 4.72 Å². The fraction of sp³-hybridized carbons (Fsp3) is 0.857. The second-order valence-electron chi connectivity index (χ2n) is 7.48. The lowest BCUT2D eigenvalue weighted by Gasteiger charge is -2.34. The van der Waals surface area contributed by atoms with Gasteiger partial charge in [0, 0.05) is 26.2 Å². The third-order valence-electron chi connectivity index (χ3n) is 2.84. The molecule has 1 rings (SSSR count). The summed E-state index contributed by atoms with van der Waals surface area (Å²) in [5.74, 6) is 0. The molecule has 9 nitrogen and oxygen atoms in total. The molecule has 24 heavy (non-hydrogen) atoms. The molecule has 0 bridgehead atoms. The van der Waals surface area contributed by atoms with Crippen molar-refractivity contribution in [3.8, 4) is 0 Å². The maximum Gasteiger partial charge on any atom is 0.422 e. The molecule has 0 aliphatic carbocycles. The molecular weight excluding hydrogens is 338 g/mol. The topological polar surface area (TPSA) is 105 Å². The summed E-state index contributed by atoms with van der Waals surface area (Å²) < 4.78 is 37.5. The Bertz CT molecular complexity index is 568. The average molecular weight is 365 g/mol. The summed E-state index contributed by atoms with van der Waals surface area (Å²) in [4.78, 5) is 25.0. The minimum Gasteiger partial charge on any atom is -0.444 e. The number of rotatable bonds is 2. The van der Waals surface area contributed by atoms with Gasteiger partial charge in [0.15, 0.2) is 0 Å². The Morgan fingerprint density at radius 3 is 1.75 bits per heavy atom. The van der Waals surface area contributed by atoms with Crippen LogP contribution >= 0.6 is 0 Å². The first kappa shape index (κ1) is 20.5. The van der Waals surface area contributed by atoms with Crippen LogP contribution in [0.1, 0.15) is 41.5 Å². The number of hydrogen-bond acceptors (Lipinski definition) is 6. The molecule has 10 heteroatoms. The van der Waals surface area contributed by atoms with E-state index in [-0.39, 0.29) is 26.2 Å². The average Bonchev–Trinajstić information content (AvgIpc) is 2.33. The van der Waals surface area contributed by atoms with Gasteiger partial charge >= 0.3 is 22.4 Å². The number of carbonyl (C=O) groups is 2. The first-order valence-corrected chi connectivity index (χ1v) is 9.12. The molecule has 0 aromatic heterocycles. The molecule has 1 aliphatic heterocycles. The van der Waals surface area contributed by atoms with E-state index in [1.54, 1.807) is 41.5 Å². The Kier molecular flexibility index (Phi) is 6.10. The summed E-state index contributed by atoms with van der Waals surface area (Å²) in [7, 11) is -4.01. The lowest BCUT2D eigenvalue weighted by Crippen LogP contribution is -2.55. The minimum atomic E-state index is -4.01. The van der Waals surface area contributed by atoms with Crippen molar-refractivity contribution >= 4 is 22.4 Å². The van der Waals surface area contributed by atoms with Crippen LogP contribution in [-0.2, 0) is 19.7 Å². The Balaban J connectivity index is 2.57. The van der Waals surface area contributed by atoms with Crippen LogP contribution in [0.15, 0.2) is 0 Å². The van der Waals surface area contributed by atoms with Crippen LogP contribution < -0.4 is 4.72 Å². The zero-order valence-electron chi connectivity index (χ0n) is 15.1. The molecule has 0 saturated carbocycles. The molecule has 2 amide bonds. The monoisotopic (exact) mass is 365 g/mol. The standard InChI is InChI=1S/C14H27N3O6S/c1-13(2,3)22-11(18)15-24(20,21)17-9-7-16(8-10-17)12(19)23-14(4,5)6/h7-10H2,1-6H3,(H,15,18). The van der Waals surface area contributed by atoms with E-state index in [9.17, 15) is 18.0 Å². The van der Waals surface area contributed by atoms with E-state index < -0.39 is 33.6 Å². The number of piperazine rings is 1. The maximum absolute atomic E-state index is 12.2. The highest BCUT2D eigenvalue weighted by molar-refractivity contribution is 7.87. The summed E-state index contributed by atoms with van der Waals surface area (Å²) in [5, 5.41) is 0. The normalized spacial score (nSPS) is 17.3. The first-order chi connectivity index (χ1) is 10.7. The molecule has 1 aliphatic rings. The van der Waals surface area contributed by atoms with E-state index in [4.69, 9.17) is 9.47 Å². The number of amides is 2. The van der Waals surface area contributed by atoms with Crippen molar-refractivity contribution in [3.63, 3.8) is 0 Å². The van der Waals surface area contributed by atoms with E-state index in [1.165, 1.54) is 4.90 Å². The van der Waals surface area contributed by atoms with Crippen molar-refractivity contribution in [1.29, 1.82) is 0 Å². The van der Waals surface area contributed by atoms with Gasteiger partial charge in [0.1, 0.15) is 11.2 Å². The molecule has 0 spiro atoms. The molecule has 1 heterocycles. The molecule has 0 atom stereocenters. The van der Waals surface area contributed by atoms with Crippen LogP contribution in [-0.4, -0.2) is 67.2 Å². The lowest BCUT2D eigenvalue weighted by atomic mass is 10.2. The smallest absolute Gasteiger partial charge is 0.422 e. The van der Waals surface area contributed by atoms with Gasteiger partial charge in [-0.1, -0.05) is 0 Å². The van der Waals surface area contributed by atoms with Crippen molar-refractivity contribution in [2.24, 2.45) is 0 Å². The van der Waals surface area contributed by atoms with Crippen LogP contribution in [0.25, 0.3) is 0 Å². The van der Waals surface area contributed by atoms with Crippen molar-refractivity contribution in [2.75, 3.05) is 26.2 Å². The second kappa shape index (κ2) is 7.14. The molecule has 1 fully saturated rings. The fourth-order valence-corrected chi connectivity index (χ4v) is 2.93. The van der Waals surface area contributed by atoms with Gasteiger partial charge < -0.3 is 14.4 Å². The Morgan fingerprint density at radius 2 is 1.33 bits per heavy atom. The van der Waals surface area contributed by atoms with E-state index in [0.29, 0.717) is 0 Å². The zero-order valence-corrected chi connectivity index (χ0v) is 15.9. The molecule has 0 aromatic carbocycles. The van der Waals surface area contributed by atoms with Crippen LogP contribution in [0, 0.1) is 0 Å². The number of ether oxygens (including phenoxy) is 2. The van der Waals surface area contributed by atoms with Gasteiger partial charge in [0.05, 0.1) is 0 Å². The van der Waals surface area contributed by atoms with E-state index >= 15 is 0 Å². The Morgan fingerprint density at radius 1 is 0.875 bits per heavy atom. The first-order valence-electron chi connectivity index (χ1n) is 7.68. The summed E-state index contributed by atoms with van der Waals surface area (Å²) in [6.07, 6.45) is -1.52. The predicted molar refractivity (Wildman–Crippen MR) is 87.7 cm³/mol. The maximum atomic E-state index is 12.2. The number of carbonyl (C=O) groups excluding carboxylic acids is 2. The van der Waals surface area contributed by atoms with Gasteiger partial charge in [-0.05, 0) is 41.5 Å². The van der Waals surface area contributed by atoms with Gasteiger partial charge in [-0.2, -0.15) is 12.7 Å². The number of nitrogens with zero attached hydrogens (tertiary/aromatic N) is 2. The predicted octanol–water partition coefficient (Wildman–Crippen LogP) is 1.31. The highest BCUT2D eigenvalue weighted by Gasteiger charge is 2.32. The quantitative estimate of drug-likeness (QED) is 0.791. The van der Waals surface area contributed by atoms with Crippen molar-refractivity contribution in [3.05, 3.63) is 0 Å². The number of hydrogen-bond donors (Lipinski definition) is 1. The van der Waals surface area contributed by atoms with Crippen LogP contribution in [0.5, 0.6) is 0 Å². The minimum absolute atomic E-state index is 0.0668. The summed E-state index contributed by atoms with van der Waals surface area (Å²) in [6.45, 7) is 10.7. The molecule has 140 valence electrons. The van der Waals surface area contributed by atoms with E-state index in [0.717, 1.165) is 4.31 Å². The number of nitrogens with one attached hydrogen (secondary N) is 1. The third kappa shape index (κ3) is 6.91. The highest BCUT2D eigenvalue weighted by Crippen LogP contribution is 2.13. The molecule has 0 aromatic rings. The van der Waals surface area contributed by atoms with E-state index in [2.05, 4.69) is 0 Å². The summed E-state index contributed by atoms with van der Waals surface area (Å²) in [6, 6.07) is 0. The molecule has 0 unspecified atom stereocenters. The van der Waals surface area contributed by atoms with Crippen molar-refractivity contribution < 1.29 is 27.5 Å². The summed E-state index contributed by atoms with van der Waals surface area (Å²) >= 11 is 0. The summed E-state index contributed by atoms with van der Waals surface area (Å²) in [5.41, 5.74) is -1.41. The van der Waals surface area contributed by atoms with Crippen LogP contribution in [0.3, 0.4) is 0 Å². The van der Waals surface area contributed by atoms with Crippen molar-refractivity contribution in [1.82, 2.24) is 13.9 Å². The van der Waals surface area contributed by atoms with Crippen molar-refractivity contribution in [2.45, 2.75) is 52.7 Å². The Labute approximate surface area is 143 Å². The molecule has 1 N–H and O–H groups in total. The fourth-order valence-electron chi connectivity index (χ4n) is 1.91. The zero-order chi connectivity index (χ0) is 18.8. The SMILES string of the molecule is CC(C)(C)OC(=O)NS(=O)(=O)N1CCN(C(=O)OC(C)(C)C)CC1. The van der Waals surface area contributed by atoms with Gasteiger partial charge in [-0.15, -0.1) is 0 Å². The van der Waals surface area contributed by atoms with Gasteiger partial charge in [-0.25, -0.2) is 14.3 Å². The van der Waals surface area contributed by atoms with Gasteiger partial charge in [0.25, 0.3) is 0 Å². The van der Waals surface area contributed by atoms with Crippen LogP contribution in [0.2, 0.25) is 0 Å². The van der Waals surface area contributed by atoms with Gasteiger partial charge in [-0.3, -0.25) is 0 Å². The molecular formula is C14H27N3O6S. The largest absolute Gasteiger partial charge is 0.444 e. The van der Waals surface area contributed by atoms with Crippen LogP contribution in [0.4, 0.5) is 9.59 Å².